The Labute approximate surface area is 104 Å². The van der Waals surface area contributed by atoms with Gasteiger partial charge in [-0.05, 0) is 26.2 Å². The first-order chi connectivity index (χ1) is 7.60. The number of nitrogens with zero attached hydrogens (tertiary/aromatic N) is 2. The number of hydrogen-bond acceptors (Lipinski definition) is 3. The molecule has 0 bridgehead atoms. The fourth-order valence-electron chi connectivity index (χ4n) is 1.73. The lowest BCUT2D eigenvalue weighted by Gasteiger charge is -2.37. The molecule has 4 heteroatoms. The fraction of sp³-hybridized carbons (Fsp3) is 0.833. The van der Waals surface area contributed by atoms with Gasteiger partial charge in [0.15, 0.2) is 6.35 Å². The molecule has 16 heavy (non-hydrogen) atoms. The molecular weight excluding hydrogens is 216 g/mol. The van der Waals surface area contributed by atoms with Crippen molar-refractivity contribution in [3.05, 3.63) is 11.8 Å². The van der Waals surface area contributed by atoms with Crippen LogP contribution in [0.25, 0.3) is 0 Å². The number of rotatable bonds is 9. The van der Waals surface area contributed by atoms with E-state index in [4.69, 9.17) is 4.74 Å². The van der Waals surface area contributed by atoms with Gasteiger partial charge >= 0.3 is 0 Å². The van der Waals surface area contributed by atoms with Crippen molar-refractivity contribution in [3.63, 3.8) is 0 Å². The Morgan fingerprint density at radius 3 is 1.69 bits per heavy atom. The second-order valence-electron chi connectivity index (χ2n) is 4.04. The average molecular weight is 244 g/mol. The fourth-order valence-corrected chi connectivity index (χ4v) is 1.90. The first-order valence-corrected chi connectivity index (χ1v) is 7.34. The Kier molecular flexibility index (Phi) is 8.84. The maximum Gasteiger partial charge on any atom is 0.168 e. The van der Waals surface area contributed by atoms with Crippen LogP contribution in [-0.2, 0) is 4.74 Å². The first kappa shape index (κ1) is 15.8. The molecule has 0 rings (SSSR count). The van der Waals surface area contributed by atoms with Crippen molar-refractivity contribution in [1.29, 1.82) is 0 Å². The van der Waals surface area contributed by atoms with Crippen LogP contribution in [0.3, 0.4) is 0 Å². The predicted molar refractivity (Wildman–Crippen MR) is 74.7 cm³/mol. The molecule has 0 aromatic rings. The predicted octanol–water partition coefficient (Wildman–Crippen LogP) is 0.849. The zero-order chi connectivity index (χ0) is 12.6. The van der Waals surface area contributed by atoms with Gasteiger partial charge in [0.2, 0.25) is 0 Å². The number of hydrogen-bond donors (Lipinski definition) is 0. The molecule has 0 spiro atoms. The molecule has 0 radical (unpaired) electrons. The maximum atomic E-state index is 5.98. The summed E-state index contributed by atoms with van der Waals surface area (Å²) in [4.78, 5) is 4.69. The second-order valence-corrected chi connectivity index (χ2v) is 5.45. The van der Waals surface area contributed by atoms with E-state index in [9.17, 15) is 0 Å². The third-order valence-electron chi connectivity index (χ3n) is 2.73. The van der Waals surface area contributed by atoms with Crippen LogP contribution in [0.2, 0.25) is 0 Å². The Bertz CT molecular complexity index is 179. The highest BCUT2D eigenvalue weighted by atomic mass is 28.1. The van der Waals surface area contributed by atoms with Crippen LogP contribution in [0.1, 0.15) is 27.7 Å². The molecule has 0 N–H and O–H groups in total. The van der Waals surface area contributed by atoms with E-state index in [1.165, 1.54) is 5.20 Å². The van der Waals surface area contributed by atoms with Crippen LogP contribution in [0.15, 0.2) is 11.8 Å². The summed E-state index contributed by atoms with van der Waals surface area (Å²) in [5.74, 6) is 0. The summed E-state index contributed by atoms with van der Waals surface area (Å²) < 4.78 is 5.98. The molecule has 0 aromatic carbocycles. The van der Waals surface area contributed by atoms with Crippen molar-refractivity contribution in [3.8, 4) is 0 Å². The molecule has 0 atom stereocenters. The van der Waals surface area contributed by atoms with E-state index >= 15 is 0 Å². The van der Waals surface area contributed by atoms with Gasteiger partial charge in [0, 0.05) is 10.2 Å². The zero-order valence-corrected chi connectivity index (χ0v) is 13.6. The van der Waals surface area contributed by atoms with Crippen LogP contribution < -0.4 is 0 Å². The van der Waals surface area contributed by atoms with Crippen LogP contribution >= 0.6 is 0 Å². The van der Waals surface area contributed by atoms with Gasteiger partial charge in [-0.2, -0.15) is 0 Å². The van der Waals surface area contributed by atoms with E-state index < -0.39 is 0 Å². The Balaban J connectivity index is 4.52. The summed E-state index contributed by atoms with van der Waals surface area (Å²) in [6.45, 7) is 17.4. The minimum atomic E-state index is 0.107. The van der Waals surface area contributed by atoms with E-state index in [1.807, 2.05) is 0 Å². The van der Waals surface area contributed by atoms with Crippen LogP contribution in [0, 0.1) is 0 Å². The Hall–Kier alpha value is -0.163. The molecule has 0 aliphatic rings. The third-order valence-corrected chi connectivity index (χ3v) is 3.02. The summed E-state index contributed by atoms with van der Waals surface area (Å²) >= 11 is 0. The van der Waals surface area contributed by atoms with Crippen LogP contribution in [0.4, 0.5) is 0 Å². The molecule has 0 unspecified atom stereocenters. The van der Waals surface area contributed by atoms with Gasteiger partial charge in [-0.15, -0.1) is 6.58 Å². The van der Waals surface area contributed by atoms with Gasteiger partial charge in [-0.1, -0.05) is 32.9 Å². The van der Waals surface area contributed by atoms with Gasteiger partial charge in [-0.3, -0.25) is 9.80 Å². The monoisotopic (exact) mass is 244 g/mol. The van der Waals surface area contributed by atoms with Gasteiger partial charge in [-0.25, -0.2) is 0 Å². The molecule has 0 saturated carbocycles. The summed E-state index contributed by atoms with van der Waals surface area (Å²) in [7, 11) is 1.02. The van der Waals surface area contributed by atoms with Crippen LogP contribution in [0.5, 0.6) is 0 Å². The standard InChI is InChI=1S/C12H28N2OSi/c1-6-13(7-2)12(14(8-3)9-4)15-10-11(5)16/h12H,5-10H2,1-4,16H3. The van der Waals surface area contributed by atoms with E-state index in [1.54, 1.807) is 0 Å². The minimum absolute atomic E-state index is 0.107. The van der Waals surface area contributed by atoms with Gasteiger partial charge in [0.05, 0.1) is 6.61 Å². The summed E-state index contributed by atoms with van der Waals surface area (Å²) in [5, 5.41) is 1.21. The summed E-state index contributed by atoms with van der Waals surface area (Å²) in [6, 6.07) is 0. The largest absolute Gasteiger partial charge is 0.346 e. The van der Waals surface area contributed by atoms with Crippen molar-refractivity contribution in [2.75, 3.05) is 32.8 Å². The second kappa shape index (κ2) is 8.93. The van der Waals surface area contributed by atoms with Gasteiger partial charge < -0.3 is 4.74 Å². The highest BCUT2D eigenvalue weighted by molar-refractivity contribution is 6.21. The van der Waals surface area contributed by atoms with Crippen molar-refractivity contribution in [2.45, 2.75) is 34.0 Å². The van der Waals surface area contributed by atoms with Gasteiger partial charge in [0.25, 0.3) is 0 Å². The van der Waals surface area contributed by atoms with E-state index in [-0.39, 0.29) is 6.35 Å². The number of ether oxygens (including phenoxy) is 1. The molecule has 0 fully saturated rings. The highest BCUT2D eigenvalue weighted by Gasteiger charge is 2.21. The van der Waals surface area contributed by atoms with Crippen molar-refractivity contribution in [2.24, 2.45) is 0 Å². The van der Waals surface area contributed by atoms with Crippen molar-refractivity contribution < 1.29 is 4.74 Å². The molecule has 96 valence electrons. The lowest BCUT2D eigenvalue weighted by molar-refractivity contribution is -0.141. The summed E-state index contributed by atoms with van der Waals surface area (Å²) in [5.41, 5.74) is 0. The SMILES string of the molecule is C=C([SiH3])COC(N(CC)CC)N(CC)CC. The molecule has 3 nitrogen and oxygen atoms in total. The highest BCUT2D eigenvalue weighted by Crippen LogP contribution is 2.08. The molecule has 0 aliphatic carbocycles. The smallest absolute Gasteiger partial charge is 0.168 e. The zero-order valence-electron chi connectivity index (χ0n) is 11.6. The first-order valence-electron chi connectivity index (χ1n) is 6.34. The van der Waals surface area contributed by atoms with E-state index in [2.05, 4.69) is 44.1 Å². The molecule has 0 aromatic heterocycles. The summed E-state index contributed by atoms with van der Waals surface area (Å²) in [6.07, 6.45) is 0.107. The molecule has 0 saturated heterocycles. The lowest BCUT2D eigenvalue weighted by Crippen LogP contribution is -2.50. The lowest BCUT2D eigenvalue weighted by atomic mass is 10.4. The maximum absolute atomic E-state index is 5.98. The van der Waals surface area contributed by atoms with E-state index in [0.717, 1.165) is 36.4 Å². The van der Waals surface area contributed by atoms with E-state index in [0.29, 0.717) is 6.61 Å². The van der Waals surface area contributed by atoms with Crippen molar-refractivity contribution >= 4 is 10.2 Å². The Morgan fingerprint density at radius 2 is 1.44 bits per heavy atom. The minimum Gasteiger partial charge on any atom is -0.346 e. The average Bonchev–Trinajstić information content (AvgIpc) is 2.27. The molecule has 0 heterocycles. The third kappa shape index (κ3) is 5.25. The molecule has 0 aliphatic heterocycles. The van der Waals surface area contributed by atoms with Crippen molar-refractivity contribution in [1.82, 2.24) is 9.80 Å². The van der Waals surface area contributed by atoms with Gasteiger partial charge in [0.1, 0.15) is 0 Å². The Morgan fingerprint density at radius 1 is 1.06 bits per heavy atom. The van der Waals surface area contributed by atoms with Crippen LogP contribution in [-0.4, -0.2) is 59.2 Å². The topological polar surface area (TPSA) is 15.7 Å². The molecule has 0 amide bonds. The quantitative estimate of drug-likeness (QED) is 0.442. The molecular formula is C12H28N2OSi. The normalized spacial score (nSPS) is 11.9.